The summed E-state index contributed by atoms with van der Waals surface area (Å²) in [5, 5.41) is 3.19. The molecule has 0 radical (unpaired) electrons. The second-order valence-corrected chi connectivity index (χ2v) is 3.60. The first-order chi connectivity index (χ1) is 7.83. The fraction of sp³-hybridized carbons (Fsp3) is 0.417. The van der Waals surface area contributed by atoms with Gasteiger partial charge in [-0.3, -0.25) is 4.98 Å². The van der Waals surface area contributed by atoms with Crippen molar-refractivity contribution >= 4 is 0 Å². The lowest BCUT2D eigenvalue weighted by Gasteiger charge is -2.18. The molecule has 86 valence electrons. The summed E-state index contributed by atoms with van der Waals surface area (Å²) in [4.78, 5) is 4.08. The van der Waals surface area contributed by atoms with Crippen molar-refractivity contribution in [3.63, 3.8) is 0 Å². The van der Waals surface area contributed by atoms with Crippen molar-refractivity contribution in [3.05, 3.63) is 41.7 Å². The van der Waals surface area contributed by atoms with Gasteiger partial charge in [-0.1, -0.05) is 6.92 Å². The van der Waals surface area contributed by atoms with Crippen molar-refractivity contribution < 1.29 is 9.13 Å². The maximum atomic E-state index is 13.6. The van der Waals surface area contributed by atoms with Crippen LogP contribution in [-0.4, -0.2) is 18.1 Å². The first-order valence-corrected chi connectivity index (χ1v) is 5.49. The van der Waals surface area contributed by atoms with Crippen LogP contribution in [0.2, 0.25) is 0 Å². The fourth-order valence-corrected chi connectivity index (χ4v) is 1.78. The topological polar surface area (TPSA) is 34.1 Å². The minimum Gasteiger partial charge on any atom is -0.496 e. The predicted molar refractivity (Wildman–Crippen MR) is 59.3 cm³/mol. The van der Waals surface area contributed by atoms with Crippen molar-refractivity contribution in [1.82, 2.24) is 10.3 Å². The summed E-state index contributed by atoms with van der Waals surface area (Å²) >= 11 is 0. The van der Waals surface area contributed by atoms with Crippen LogP contribution in [0.3, 0.4) is 0 Å². The minimum absolute atomic E-state index is 0.270. The molecule has 2 heterocycles. The van der Waals surface area contributed by atoms with Crippen LogP contribution in [0.4, 0.5) is 4.39 Å². The van der Waals surface area contributed by atoms with Crippen LogP contribution in [0.5, 0.6) is 0 Å². The molecule has 1 aliphatic heterocycles. The molecule has 0 fully saturated rings. The van der Waals surface area contributed by atoms with Crippen molar-refractivity contribution in [2.24, 2.45) is 0 Å². The number of ether oxygens (including phenoxy) is 1. The van der Waals surface area contributed by atoms with Gasteiger partial charge in [-0.25, -0.2) is 4.39 Å². The zero-order valence-electron chi connectivity index (χ0n) is 9.24. The number of hydrogen-bond donors (Lipinski definition) is 1. The van der Waals surface area contributed by atoms with E-state index in [1.807, 2.05) is 13.0 Å². The van der Waals surface area contributed by atoms with Gasteiger partial charge in [0.25, 0.3) is 0 Å². The van der Waals surface area contributed by atoms with Crippen LogP contribution in [-0.2, 0) is 4.74 Å². The summed E-state index contributed by atoms with van der Waals surface area (Å²) in [6.07, 6.45) is 4.46. The molecule has 1 atom stereocenters. The Kier molecular flexibility index (Phi) is 3.51. The Labute approximate surface area is 94.3 Å². The summed E-state index contributed by atoms with van der Waals surface area (Å²) < 4.78 is 19.1. The average molecular weight is 222 g/mol. The van der Waals surface area contributed by atoms with Crippen molar-refractivity contribution in [1.29, 1.82) is 0 Å². The fourth-order valence-electron chi connectivity index (χ4n) is 1.78. The Hall–Kier alpha value is -1.42. The van der Waals surface area contributed by atoms with E-state index in [2.05, 4.69) is 10.3 Å². The second kappa shape index (κ2) is 5.07. The third kappa shape index (κ3) is 2.22. The molecule has 2 rings (SSSR count). The Morgan fingerprint density at radius 3 is 3.12 bits per heavy atom. The molecule has 0 amide bonds. The largest absolute Gasteiger partial charge is 0.496 e. The van der Waals surface area contributed by atoms with Gasteiger partial charge in [-0.15, -0.1) is 0 Å². The van der Waals surface area contributed by atoms with Gasteiger partial charge in [-0.2, -0.15) is 0 Å². The van der Waals surface area contributed by atoms with Gasteiger partial charge < -0.3 is 10.1 Å². The number of rotatable bonds is 4. The number of aromatic nitrogens is 1. The maximum Gasteiger partial charge on any atom is 0.146 e. The molecule has 16 heavy (non-hydrogen) atoms. The van der Waals surface area contributed by atoms with Gasteiger partial charge in [0, 0.05) is 12.6 Å². The summed E-state index contributed by atoms with van der Waals surface area (Å²) in [5.41, 5.74) is 0.400. The highest BCUT2D eigenvalue weighted by molar-refractivity contribution is 5.21. The van der Waals surface area contributed by atoms with Crippen molar-refractivity contribution in [3.8, 4) is 0 Å². The molecule has 0 aromatic carbocycles. The van der Waals surface area contributed by atoms with E-state index in [0.717, 1.165) is 18.7 Å². The van der Waals surface area contributed by atoms with Crippen molar-refractivity contribution in [2.45, 2.75) is 19.4 Å². The lowest BCUT2D eigenvalue weighted by Crippen LogP contribution is -2.25. The number of nitrogens with one attached hydrogen (secondary N) is 1. The molecule has 0 bridgehead atoms. The highest BCUT2D eigenvalue weighted by atomic mass is 19.1. The zero-order chi connectivity index (χ0) is 11.4. The highest BCUT2D eigenvalue weighted by Gasteiger charge is 2.23. The molecular formula is C12H15FN2O. The molecule has 4 heteroatoms. The van der Waals surface area contributed by atoms with Crippen LogP contribution in [0, 0.1) is 5.82 Å². The van der Waals surface area contributed by atoms with Gasteiger partial charge in [0.1, 0.15) is 23.3 Å². The number of halogens is 1. The standard InChI is InChI=1S/C12H15FN2O/c1-2-14-12(10-6-4-8-16-10)11-9(13)5-3-7-15-11/h3,5-7,12,14H,2,4,8H2,1H3. The summed E-state index contributed by atoms with van der Waals surface area (Å²) in [6, 6.07) is 2.74. The number of likely N-dealkylation sites (N-methyl/N-ethyl adjacent to an activating group) is 1. The normalized spacial score (nSPS) is 16.8. The van der Waals surface area contributed by atoms with E-state index in [9.17, 15) is 4.39 Å². The van der Waals surface area contributed by atoms with E-state index >= 15 is 0 Å². The molecule has 1 aromatic rings. The van der Waals surface area contributed by atoms with E-state index < -0.39 is 0 Å². The molecule has 0 spiro atoms. The van der Waals surface area contributed by atoms with Crippen LogP contribution in [0.25, 0.3) is 0 Å². The van der Waals surface area contributed by atoms with Gasteiger partial charge in [0.05, 0.1) is 6.61 Å². The van der Waals surface area contributed by atoms with E-state index in [-0.39, 0.29) is 11.9 Å². The first-order valence-electron chi connectivity index (χ1n) is 5.49. The molecule has 0 aliphatic carbocycles. The Bertz CT molecular complexity index is 392. The van der Waals surface area contributed by atoms with Crippen LogP contribution in [0.1, 0.15) is 25.1 Å². The van der Waals surface area contributed by atoms with E-state index in [1.54, 1.807) is 12.3 Å². The number of pyridine rings is 1. The second-order valence-electron chi connectivity index (χ2n) is 3.60. The first kappa shape index (κ1) is 11.1. The van der Waals surface area contributed by atoms with Crippen LogP contribution in [0.15, 0.2) is 30.2 Å². The Morgan fingerprint density at radius 1 is 1.62 bits per heavy atom. The number of nitrogens with zero attached hydrogens (tertiary/aromatic N) is 1. The van der Waals surface area contributed by atoms with Gasteiger partial charge in [0.2, 0.25) is 0 Å². The van der Waals surface area contributed by atoms with Crippen LogP contribution >= 0.6 is 0 Å². The third-order valence-corrected chi connectivity index (χ3v) is 2.49. The summed E-state index contributed by atoms with van der Waals surface area (Å²) in [5.74, 6) is 0.476. The quantitative estimate of drug-likeness (QED) is 0.847. The molecule has 1 N–H and O–H groups in total. The molecule has 1 unspecified atom stereocenters. The summed E-state index contributed by atoms with van der Waals surface area (Å²) in [7, 11) is 0. The Balaban J connectivity index is 2.28. The van der Waals surface area contributed by atoms with Gasteiger partial charge in [-0.05, 0) is 24.8 Å². The molecule has 0 saturated heterocycles. The molecule has 1 aromatic heterocycles. The zero-order valence-corrected chi connectivity index (χ0v) is 9.24. The molecular weight excluding hydrogens is 207 g/mol. The van der Waals surface area contributed by atoms with E-state index in [0.29, 0.717) is 12.3 Å². The predicted octanol–water partition coefficient (Wildman–Crippen LogP) is 2.18. The molecule has 1 aliphatic rings. The minimum atomic E-state index is -0.301. The SMILES string of the molecule is CCNC(C1=CCCO1)c1ncccc1F. The Morgan fingerprint density at radius 2 is 2.50 bits per heavy atom. The monoisotopic (exact) mass is 222 g/mol. The van der Waals surface area contributed by atoms with Crippen molar-refractivity contribution in [2.75, 3.05) is 13.2 Å². The van der Waals surface area contributed by atoms with E-state index in [4.69, 9.17) is 4.74 Å². The smallest absolute Gasteiger partial charge is 0.146 e. The molecule has 0 saturated carbocycles. The summed E-state index contributed by atoms with van der Waals surface area (Å²) in [6.45, 7) is 3.39. The average Bonchev–Trinajstić information content (AvgIpc) is 2.80. The van der Waals surface area contributed by atoms with Gasteiger partial charge in [0.15, 0.2) is 0 Å². The highest BCUT2D eigenvalue weighted by Crippen LogP contribution is 2.26. The van der Waals surface area contributed by atoms with Crippen LogP contribution < -0.4 is 5.32 Å². The lowest BCUT2D eigenvalue weighted by atomic mass is 10.1. The molecule has 3 nitrogen and oxygen atoms in total. The maximum absolute atomic E-state index is 13.6. The number of hydrogen-bond acceptors (Lipinski definition) is 3. The third-order valence-electron chi connectivity index (χ3n) is 2.49. The van der Waals surface area contributed by atoms with E-state index in [1.165, 1.54) is 6.07 Å². The van der Waals surface area contributed by atoms with Gasteiger partial charge >= 0.3 is 0 Å². The lowest BCUT2D eigenvalue weighted by molar-refractivity contribution is 0.213.